The lowest BCUT2D eigenvalue weighted by Gasteiger charge is -2.14. The average molecular weight is 299 g/mol. The summed E-state index contributed by atoms with van der Waals surface area (Å²) in [5.41, 5.74) is 1.57. The first-order valence-electron chi connectivity index (χ1n) is 7.64. The van der Waals surface area contributed by atoms with E-state index in [0.717, 1.165) is 31.6 Å². The minimum absolute atomic E-state index is 0.0158. The Labute approximate surface area is 130 Å². The second-order valence-electron chi connectivity index (χ2n) is 5.75. The Morgan fingerprint density at radius 1 is 1.36 bits per heavy atom. The summed E-state index contributed by atoms with van der Waals surface area (Å²) in [7, 11) is 1.94. The van der Waals surface area contributed by atoms with Gasteiger partial charge in [-0.1, -0.05) is 35.5 Å². The fourth-order valence-corrected chi connectivity index (χ4v) is 2.88. The third-order valence-electron chi connectivity index (χ3n) is 4.01. The summed E-state index contributed by atoms with van der Waals surface area (Å²) >= 11 is 0. The summed E-state index contributed by atoms with van der Waals surface area (Å²) in [6.07, 6.45) is 2.78. The van der Waals surface area contributed by atoms with Crippen LogP contribution < -0.4 is 5.32 Å². The van der Waals surface area contributed by atoms with Gasteiger partial charge < -0.3 is 10.2 Å². The fourth-order valence-electron chi connectivity index (χ4n) is 2.88. The molecule has 2 aromatic rings. The van der Waals surface area contributed by atoms with Crippen LogP contribution in [0.2, 0.25) is 0 Å². The summed E-state index contributed by atoms with van der Waals surface area (Å²) in [5.74, 6) is 0.520. The van der Waals surface area contributed by atoms with Gasteiger partial charge in [0, 0.05) is 13.1 Å². The van der Waals surface area contributed by atoms with E-state index < -0.39 is 0 Å². The van der Waals surface area contributed by atoms with E-state index in [4.69, 9.17) is 0 Å². The first-order valence-corrected chi connectivity index (χ1v) is 7.64. The Hall–Kier alpha value is -2.21. The molecule has 0 spiro atoms. The first kappa shape index (κ1) is 14.7. The lowest BCUT2D eigenvalue weighted by atomic mass is 10.1. The summed E-state index contributed by atoms with van der Waals surface area (Å²) < 4.78 is 1.71. The zero-order valence-electron chi connectivity index (χ0n) is 12.8. The average Bonchev–Trinajstić information content (AvgIpc) is 3.18. The Balaban J connectivity index is 1.62. The third-order valence-corrected chi connectivity index (χ3v) is 4.01. The van der Waals surface area contributed by atoms with E-state index in [1.807, 2.05) is 42.3 Å². The third kappa shape index (κ3) is 3.33. The van der Waals surface area contributed by atoms with Crippen LogP contribution in [0.5, 0.6) is 0 Å². The molecule has 1 N–H and O–H groups in total. The molecular weight excluding hydrogens is 278 g/mol. The predicted octanol–water partition coefficient (Wildman–Crippen LogP) is 1.01. The molecule has 1 aromatic heterocycles. The van der Waals surface area contributed by atoms with Gasteiger partial charge in [0.15, 0.2) is 5.69 Å². The van der Waals surface area contributed by atoms with Gasteiger partial charge in [-0.3, -0.25) is 4.79 Å². The van der Waals surface area contributed by atoms with Crippen molar-refractivity contribution in [3.05, 3.63) is 47.8 Å². The first-order chi connectivity index (χ1) is 10.8. The van der Waals surface area contributed by atoms with Gasteiger partial charge in [-0.05, 0) is 31.5 Å². The SMILES string of the molecule is CNCC1CCN(C(=O)c2cn(Cc3ccccc3)nn2)C1. The number of rotatable bonds is 5. The molecule has 3 rings (SSSR count). The number of hydrogen-bond acceptors (Lipinski definition) is 4. The van der Waals surface area contributed by atoms with Crippen LogP contribution in [0.4, 0.5) is 0 Å². The molecule has 116 valence electrons. The van der Waals surface area contributed by atoms with E-state index in [1.165, 1.54) is 0 Å². The molecule has 6 nitrogen and oxygen atoms in total. The molecule has 6 heteroatoms. The highest BCUT2D eigenvalue weighted by Gasteiger charge is 2.27. The molecule has 0 saturated carbocycles. The molecule has 0 radical (unpaired) electrons. The maximum atomic E-state index is 12.5. The molecular formula is C16H21N5O. The monoisotopic (exact) mass is 299 g/mol. The smallest absolute Gasteiger partial charge is 0.276 e. The summed E-state index contributed by atoms with van der Waals surface area (Å²) in [4.78, 5) is 14.3. The van der Waals surface area contributed by atoms with Crippen LogP contribution in [0.25, 0.3) is 0 Å². The second kappa shape index (κ2) is 6.70. The van der Waals surface area contributed by atoms with Crippen LogP contribution in [0.1, 0.15) is 22.5 Å². The normalized spacial score (nSPS) is 17.9. The van der Waals surface area contributed by atoms with Gasteiger partial charge in [0.25, 0.3) is 5.91 Å². The van der Waals surface area contributed by atoms with Gasteiger partial charge >= 0.3 is 0 Å². The van der Waals surface area contributed by atoms with Crippen molar-refractivity contribution in [1.29, 1.82) is 0 Å². The molecule has 1 aliphatic heterocycles. The molecule has 0 bridgehead atoms. The van der Waals surface area contributed by atoms with Crippen molar-refractivity contribution < 1.29 is 4.79 Å². The highest BCUT2D eigenvalue weighted by Crippen LogP contribution is 2.17. The number of carbonyl (C=O) groups excluding carboxylic acids is 1. The van der Waals surface area contributed by atoms with E-state index in [2.05, 4.69) is 15.6 Å². The Morgan fingerprint density at radius 2 is 2.18 bits per heavy atom. The molecule has 22 heavy (non-hydrogen) atoms. The summed E-state index contributed by atoms with van der Waals surface area (Å²) in [6.45, 7) is 3.18. The number of carbonyl (C=O) groups is 1. The number of hydrogen-bond donors (Lipinski definition) is 1. The standard InChI is InChI=1S/C16H21N5O/c1-17-9-14-7-8-20(10-14)16(22)15-12-21(19-18-15)11-13-5-3-2-4-6-13/h2-6,12,14,17H,7-11H2,1H3. The molecule has 1 atom stereocenters. The maximum Gasteiger partial charge on any atom is 0.276 e. The number of likely N-dealkylation sites (tertiary alicyclic amines) is 1. The summed E-state index contributed by atoms with van der Waals surface area (Å²) in [5, 5.41) is 11.3. The highest BCUT2D eigenvalue weighted by atomic mass is 16.2. The van der Waals surface area contributed by atoms with Gasteiger partial charge in [0.05, 0.1) is 12.7 Å². The molecule has 1 unspecified atom stereocenters. The molecule has 1 saturated heterocycles. The van der Waals surface area contributed by atoms with Crippen LogP contribution in [-0.4, -0.2) is 52.5 Å². The van der Waals surface area contributed by atoms with Crippen molar-refractivity contribution >= 4 is 5.91 Å². The predicted molar refractivity (Wildman–Crippen MR) is 83.5 cm³/mol. The molecule has 1 aliphatic rings. The summed E-state index contributed by atoms with van der Waals surface area (Å²) in [6, 6.07) is 10.0. The van der Waals surface area contributed by atoms with Crippen molar-refractivity contribution in [2.24, 2.45) is 5.92 Å². The lowest BCUT2D eigenvalue weighted by Crippen LogP contribution is -2.30. The molecule has 1 fully saturated rings. The topological polar surface area (TPSA) is 63.1 Å². The Kier molecular flexibility index (Phi) is 4.48. The van der Waals surface area contributed by atoms with Gasteiger partial charge in [-0.2, -0.15) is 0 Å². The van der Waals surface area contributed by atoms with Crippen LogP contribution in [0.3, 0.4) is 0 Å². The zero-order valence-corrected chi connectivity index (χ0v) is 12.8. The highest BCUT2D eigenvalue weighted by molar-refractivity contribution is 5.92. The number of amides is 1. The van der Waals surface area contributed by atoms with Crippen molar-refractivity contribution in [1.82, 2.24) is 25.2 Å². The van der Waals surface area contributed by atoms with Gasteiger partial charge in [-0.25, -0.2) is 4.68 Å². The van der Waals surface area contributed by atoms with E-state index >= 15 is 0 Å². The van der Waals surface area contributed by atoms with Crippen LogP contribution in [-0.2, 0) is 6.54 Å². The van der Waals surface area contributed by atoms with Gasteiger partial charge in [0.2, 0.25) is 0 Å². The van der Waals surface area contributed by atoms with Gasteiger partial charge in [-0.15, -0.1) is 5.10 Å². The van der Waals surface area contributed by atoms with E-state index in [-0.39, 0.29) is 5.91 Å². The number of nitrogens with zero attached hydrogens (tertiary/aromatic N) is 4. The quantitative estimate of drug-likeness (QED) is 0.895. The van der Waals surface area contributed by atoms with Crippen molar-refractivity contribution in [2.45, 2.75) is 13.0 Å². The van der Waals surface area contributed by atoms with Gasteiger partial charge in [0.1, 0.15) is 0 Å². The minimum Gasteiger partial charge on any atom is -0.337 e. The van der Waals surface area contributed by atoms with Crippen molar-refractivity contribution in [2.75, 3.05) is 26.7 Å². The number of benzene rings is 1. The molecule has 1 aromatic carbocycles. The molecule has 1 amide bonds. The van der Waals surface area contributed by atoms with Crippen LogP contribution >= 0.6 is 0 Å². The van der Waals surface area contributed by atoms with Crippen molar-refractivity contribution in [3.8, 4) is 0 Å². The van der Waals surface area contributed by atoms with E-state index in [1.54, 1.807) is 10.9 Å². The minimum atomic E-state index is -0.0158. The maximum absolute atomic E-state index is 12.5. The Bertz CT molecular complexity index is 624. The zero-order chi connectivity index (χ0) is 15.4. The van der Waals surface area contributed by atoms with Crippen molar-refractivity contribution in [3.63, 3.8) is 0 Å². The van der Waals surface area contributed by atoms with Crippen LogP contribution in [0.15, 0.2) is 36.5 Å². The van der Waals surface area contributed by atoms with E-state index in [9.17, 15) is 4.79 Å². The second-order valence-corrected chi connectivity index (χ2v) is 5.75. The number of aromatic nitrogens is 3. The van der Waals surface area contributed by atoms with Crippen LogP contribution in [0, 0.1) is 5.92 Å². The largest absolute Gasteiger partial charge is 0.337 e. The Morgan fingerprint density at radius 3 is 2.95 bits per heavy atom. The molecule has 2 heterocycles. The lowest BCUT2D eigenvalue weighted by molar-refractivity contribution is 0.0781. The fraction of sp³-hybridized carbons (Fsp3) is 0.438. The van der Waals surface area contributed by atoms with E-state index in [0.29, 0.717) is 18.2 Å². The molecule has 0 aliphatic carbocycles. The number of nitrogens with one attached hydrogen (secondary N) is 1.